The van der Waals surface area contributed by atoms with Gasteiger partial charge in [-0.05, 0) is 38.5 Å². The van der Waals surface area contributed by atoms with Crippen molar-refractivity contribution in [1.29, 1.82) is 0 Å². The van der Waals surface area contributed by atoms with E-state index in [2.05, 4.69) is 4.72 Å². The molecule has 0 spiro atoms. The summed E-state index contributed by atoms with van der Waals surface area (Å²) >= 11 is 0. The van der Waals surface area contributed by atoms with Gasteiger partial charge in [0.15, 0.2) is 0 Å². The quantitative estimate of drug-likeness (QED) is 0.789. The summed E-state index contributed by atoms with van der Waals surface area (Å²) in [6.45, 7) is 3.35. The molecule has 1 atom stereocenters. The normalized spacial score (nSPS) is 26.5. The van der Waals surface area contributed by atoms with Crippen LogP contribution in [-0.2, 0) is 10.2 Å². The molecule has 1 aliphatic carbocycles. The predicted molar refractivity (Wildman–Crippen MR) is 59.7 cm³/mol. The lowest BCUT2D eigenvalue weighted by Gasteiger charge is -2.27. The molecule has 4 nitrogen and oxygen atoms in total. The average Bonchev–Trinajstić information content (AvgIpc) is 3.01. The van der Waals surface area contributed by atoms with Crippen LogP contribution in [0, 0.1) is 5.92 Å². The molecule has 2 rings (SSSR count). The molecule has 1 N–H and O–H groups in total. The van der Waals surface area contributed by atoms with Crippen molar-refractivity contribution in [2.75, 3.05) is 13.1 Å². The molecule has 15 heavy (non-hydrogen) atoms. The van der Waals surface area contributed by atoms with Crippen LogP contribution in [0.2, 0.25) is 0 Å². The molecule has 2 fully saturated rings. The van der Waals surface area contributed by atoms with Gasteiger partial charge in [0.05, 0.1) is 0 Å². The fourth-order valence-corrected chi connectivity index (χ4v) is 3.66. The molecule has 1 saturated heterocycles. The first kappa shape index (κ1) is 11.4. The van der Waals surface area contributed by atoms with Gasteiger partial charge >= 0.3 is 0 Å². The second-order valence-corrected chi connectivity index (χ2v) is 6.41. The molecular formula is C10H20N2O2S. The van der Waals surface area contributed by atoms with Crippen molar-refractivity contribution in [3.8, 4) is 0 Å². The van der Waals surface area contributed by atoms with Crippen LogP contribution >= 0.6 is 0 Å². The van der Waals surface area contributed by atoms with Gasteiger partial charge < -0.3 is 0 Å². The highest BCUT2D eigenvalue weighted by Gasteiger charge is 2.33. The summed E-state index contributed by atoms with van der Waals surface area (Å²) in [6, 6.07) is 0.108. The summed E-state index contributed by atoms with van der Waals surface area (Å²) in [6.07, 6.45) is 5.50. The number of nitrogens with zero attached hydrogens (tertiary/aromatic N) is 1. The molecule has 1 aliphatic heterocycles. The van der Waals surface area contributed by atoms with Gasteiger partial charge in [-0.2, -0.15) is 17.4 Å². The van der Waals surface area contributed by atoms with Crippen molar-refractivity contribution in [3.63, 3.8) is 0 Å². The van der Waals surface area contributed by atoms with Gasteiger partial charge in [-0.25, -0.2) is 0 Å². The van der Waals surface area contributed by atoms with Crippen molar-refractivity contribution >= 4 is 10.2 Å². The molecule has 0 amide bonds. The Kier molecular flexibility index (Phi) is 3.33. The first-order valence-corrected chi connectivity index (χ1v) is 7.31. The van der Waals surface area contributed by atoms with E-state index < -0.39 is 10.2 Å². The SMILES string of the molecule is CC(NS(=O)(=O)N1CCCCC1)C1CC1. The lowest BCUT2D eigenvalue weighted by atomic mass is 10.2. The molecule has 0 aromatic rings. The maximum absolute atomic E-state index is 11.9. The van der Waals surface area contributed by atoms with Gasteiger partial charge in [0.2, 0.25) is 0 Å². The lowest BCUT2D eigenvalue weighted by molar-refractivity contribution is 0.337. The topological polar surface area (TPSA) is 49.4 Å². The minimum atomic E-state index is -3.20. The fraction of sp³-hybridized carbons (Fsp3) is 1.00. The molecule has 0 bridgehead atoms. The maximum Gasteiger partial charge on any atom is 0.279 e. The van der Waals surface area contributed by atoms with Crippen molar-refractivity contribution in [1.82, 2.24) is 9.03 Å². The summed E-state index contributed by atoms with van der Waals surface area (Å²) in [5, 5.41) is 0. The highest BCUT2D eigenvalue weighted by atomic mass is 32.2. The number of rotatable bonds is 4. The number of piperidine rings is 1. The van der Waals surface area contributed by atoms with E-state index in [0.717, 1.165) is 19.3 Å². The summed E-state index contributed by atoms with van der Waals surface area (Å²) in [7, 11) is -3.20. The van der Waals surface area contributed by atoms with Crippen molar-refractivity contribution in [2.24, 2.45) is 5.92 Å². The highest BCUT2D eigenvalue weighted by Crippen LogP contribution is 2.32. The van der Waals surface area contributed by atoms with Crippen LogP contribution in [0.5, 0.6) is 0 Å². The van der Waals surface area contributed by atoms with E-state index in [4.69, 9.17) is 0 Å². The van der Waals surface area contributed by atoms with Gasteiger partial charge in [0, 0.05) is 19.1 Å². The Morgan fingerprint density at radius 1 is 1.20 bits per heavy atom. The Bertz CT molecular complexity index is 305. The van der Waals surface area contributed by atoms with Crippen LogP contribution in [0.4, 0.5) is 0 Å². The minimum absolute atomic E-state index is 0.108. The van der Waals surface area contributed by atoms with Crippen LogP contribution in [-0.4, -0.2) is 31.9 Å². The molecule has 5 heteroatoms. The van der Waals surface area contributed by atoms with Crippen LogP contribution in [0.15, 0.2) is 0 Å². The van der Waals surface area contributed by atoms with Crippen LogP contribution in [0.3, 0.4) is 0 Å². The zero-order valence-electron chi connectivity index (χ0n) is 9.28. The van der Waals surface area contributed by atoms with Crippen LogP contribution < -0.4 is 4.72 Å². The molecule has 0 radical (unpaired) electrons. The Morgan fingerprint density at radius 3 is 2.33 bits per heavy atom. The molecule has 0 aromatic carbocycles. The van der Waals surface area contributed by atoms with E-state index in [1.807, 2.05) is 6.92 Å². The predicted octanol–water partition coefficient (Wildman–Crippen LogP) is 1.11. The van der Waals surface area contributed by atoms with Crippen LogP contribution in [0.25, 0.3) is 0 Å². The number of nitrogens with one attached hydrogen (secondary N) is 1. The van der Waals surface area contributed by atoms with Crippen LogP contribution in [0.1, 0.15) is 39.0 Å². The number of hydrogen-bond donors (Lipinski definition) is 1. The molecular weight excluding hydrogens is 212 g/mol. The fourth-order valence-electron chi connectivity index (χ4n) is 2.11. The minimum Gasteiger partial charge on any atom is -0.199 e. The molecule has 1 saturated carbocycles. The second-order valence-electron chi connectivity index (χ2n) is 4.71. The standard InChI is InChI=1S/C10H20N2O2S/c1-9(10-5-6-10)11-15(13,14)12-7-3-2-4-8-12/h9-11H,2-8H2,1H3. The third kappa shape index (κ3) is 2.92. The summed E-state index contributed by atoms with van der Waals surface area (Å²) < 4.78 is 28.3. The van der Waals surface area contributed by atoms with Crippen molar-refractivity contribution < 1.29 is 8.42 Å². The van der Waals surface area contributed by atoms with Gasteiger partial charge in [0.25, 0.3) is 10.2 Å². The average molecular weight is 232 g/mol. The zero-order chi connectivity index (χ0) is 10.9. The molecule has 1 unspecified atom stereocenters. The molecule has 1 heterocycles. The van der Waals surface area contributed by atoms with Crippen molar-refractivity contribution in [2.45, 2.75) is 45.1 Å². The molecule has 88 valence electrons. The monoisotopic (exact) mass is 232 g/mol. The van der Waals surface area contributed by atoms with E-state index in [1.54, 1.807) is 4.31 Å². The Hall–Kier alpha value is -0.130. The van der Waals surface area contributed by atoms with E-state index >= 15 is 0 Å². The summed E-state index contributed by atoms with van der Waals surface area (Å²) in [5.41, 5.74) is 0. The summed E-state index contributed by atoms with van der Waals surface area (Å²) in [5.74, 6) is 0.574. The smallest absolute Gasteiger partial charge is 0.199 e. The molecule has 0 aromatic heterocycles. The third-order valence-corrected chi connectivity index (χ3v) is 5.03. The highest BCUT2D eigenvalue weighted by molar-refractivity contribution is 7.87. The summed E-state index contributed by atoms with van der Waals surface area (Å²) in [4.78, 5) is 0. The first-order chi connectivity index (χ1) is 7.09. The van der Waals surface area contributed by atoms with E-state index in [9.17, 15) is 8.42 Å². The molecule has 2 aliphatic rings. The van der Waals surface area contributed by atoms with Gasteiger partial charge in [-0.1, -0.05) is 6.42 Å². The van der Waals surface area contributed by atoms with Gasteiger partial charge in [-0.15, -0.1) is 0 Å². The van der Waals surface area contributed by atoms with Gasteiger partial charge in [-0.3, -0.25) is 0 Å². The Morgan fingerprint density at radius 2 is 1.80 bits per heavy atom. The van der Waals surface area contributed by atoms with E-state index in [-0.39, 0.29) is 6.04 Å². The van der Waals surface area contributed by atoms with E-state index in [1.165, 1.54) is 12.8 Å². The lowest BCUT2D eigenvalue weighted by Crippen LogP contribution is -2.47. The first-order valence-electron chi connectivity index (χ1n) is 5.87. The van der Waals surface area contributed by atoms with Crippen molar-refractivity contribution in [3.05, 3.63) is 0 Å². The Labute approximate surface area is 92.2 Å². The van der Waals surface area contributed by atoms with E-state index in [0.29, 0.717) is 19.0 Å². The van der Waals surface area contributed by atoms with Gasteiger partial charge in [0.1, 0.15) is 0 Å². The third-order valence-electron chi connectivity index (χ3n) is 3.32. The number of hydrogen-bond acceptors (Lipinski definition) is 2. The Balaban J connectivity index is 1.92. The zero-order valence-corrected chi connectivity index (χ0v) is 10.1. The second kappa shape index (κ2) is 4.39. The largest absolute Gasteiger partial charge is 0.279 e. The maximum atomic E-state index is 11.9.